The number of hydrogen-bond donors (Lipinski definition) is 3. The predicted molar refractivity (Wildman–Crippen MR) is 155 cm³/mol. The number of carbonyl (C=O) groups excluding carboxylic acids is 2. The van der Waals surface area contributed by atoms with E-state index in [0.29, 0.717) is 42.6 Å². The Morgan fingerprint density at radius 3 is 2.48 bits per heavy atom. The lowest BCUT2D eigenvalue weighted by Gasteiger charge is -2.36. The molecule has 40 heavy (non-hydrogen) atoms. The van der Waals surface area contributed by atoms with Crippen LogP contribution in [0.1, 0.15) is 71.4 Å². The smallest absolute Gasteiger partial charge is 0.296 e. The highest BCUT2D eigenvalue weighted by molar-refractivity contribution is 6.32. The summed E-state index contributed by atoms with van der Waals surface area (Å²) >= 11 is 6.66. The van der Waals surface area contributed by atoms with Crippen molar-refractivity contribution >= 4 is 40.2 Å². The van der Waals surface area contributed by atoms with Crippen molar-refractivity contribution in [2.24, 2.45) is 5.41 Å². The number of nitrogens with one attached hydrogen (secondary N) is 2. The molecule has 1 fully saturated rings. The van der Waals surface area contributed by atoms with Gasteiger partial charge in [-0.25, -0.2) is 4.98 Å². The van der Waals surface area contributed by atoms with E-state index < -0.39 is 5.41 Å². The molecule has 1 unspecified atom stereocenters. The fraction of sp³-hybridized carbons (Fsp3) is 0.533. The van der Waals surface area contributed by atoms with E-state index in [0.717, 1.165) is 48.9 Å². The molecule has 3 aliphatic rings. The Bertz CT molecular complexity index is 1380. The number of aliphatic hydroxyl groups excluding tert-OH is 1. The number of halogens is 1. The Hall–Kier alpha value is -3.17. The van der Waals surface area contributed by atoms with Crippen molar-refractivity contribution < 1.29 is 19.4 Å². The molecule has 5 rings (SSSR count). The van der Waals surface area contributed by atoms with Crippen LogP contribution in [0.2, 0.25) is 5.02 Å². The number of nitrogens with zero attached hydrogens (tertiary/aromatic N) is 3. The molecule has 2 aromatic heterocycles. The maximum atomic E-state index is 12.6. The van der Waals surface area contributed by atoms with Crippen LogP contribution in [0.25, 0.3) is 16.7 Å². The average molecular weight is 568 g/mol. The van der Waals surface area contributed by atoms with Gasteiger partial charge in [-0.2, -0.15) is 4.98 Å². The van der Waals surface area contributed by atoms with Crippen LogP contribution in [-0.2, 0) is 9.59 Å². The van der Waals surface area contributed by atoms with Crippen molar-refractivity contribution in [3.63, 3.8) is 0 Å². The molecule has 0 spiro atoms. The van der Waals surface area contributed by atoms with Gasteiger partial charge in [-0.3, -0.25) is 9.59 Å². The Labute approximate surface area is 239 Å². The van der Waals surface area contributed by atoms with Crippen molar-refractivity contribution in [3.8, 4) is 6.01 Å². The van der Waals surface area contributed by atoms with Gasteiger partial charge in [0.15, 0.2) is 5.65 Å². The highest BCUT2D eigenvalue weighted by atomic mass is 35.5. The minimum Gasteiger partial charge on any atom is -0.461 e. The first-order chi connectivity index (χ1) is 19.1. The number of ether oxygens (including phenoxy) is 1. The molecule has 1 aliphatic heterocycles. The van der Waals surface area contributed by atoms with Gasteiger partial charge in [-0.15, -0.1) is 0 Å². The van der Waals surface area contributed by atoms with Gasteiger partial charge in [0.1, 0.15) is 6.10 Å². The number of imidazole rings is 1. The summed E-state index contributed by atoms with van der Waals surface area (Å²) < 4.78 is 6.12. The van der Waals surface area contributed by atoms with Crippen LogP contribution in [0.4, 0.5) is 0 Å². The maximum Gasteiger partial charge on any atom is 0.296 e. The fourth-order valence-corrected chi connectivity index (χ4v) is 5.93. The third kappa shape index (κ3) is 6.25. The van der Waals surface area contributed by atoms with Crippen molar-refractivity contribution in [2.75, 3.05) is 19.7 Å². The van der Waals surface area contributed by atoms with Gasteiger partial charge in [-0.1, -0.05) is 29.8 Å². The lowest BCUT2D eigenvalue weighted by atomic mass is 9.85. The molecular weight excluding hydrogens is 530 g/mol. The van der Waals surface area contributed by atoms with Crippen LogP contribution in [0.15, 0.2) is 35.4 Å². The number of carbonyl (C=O) groups is 2. The highest BCUT2D eigenvalue weighted by Gasteiger charge is 2.34. The first kappa shape index (κ1) is 28.4. The van der Waals surface area contributed by atoms with Crippen LogP contribution in [0.5, 0.6) is 6.01 Å². The van der Waals surface area contributed by atoms with Crippen LogP contribution >= 0.6 is 11.6 Å². The van der Waals surface area contributed by atoms with Crippen molar-refractivity contribution in [1.29, 1.82) is 0 Å². The summed E-state index contributed by atoms with van der Waals surface area (Å²) in [6.07, 6.45) is 12.4. The summed E-state index contributed by atoms with van der Waals surface area (Å²) in [4.78, 5) is 38.3. The first-order valence-electron chi connectivity index (χ1n) is 14.1. The second kappa shape index (κ2) is 11.7. The van der Waals surface area contributed by atoms with Gasteiger partial charge in [0.25, 0.3) is 6.01 Å². The molecule has 9 nitrogen and oxygen atoms in total. The van der Waals surface area contributed by atoms with Gasteiger partial charge in [0, 0.05) is 38.9 Å². The third-order valence-electron chi connectivity index (χ3n) is 8.07. The number of aliphatic hydroxyl groups is 1. The average Bonchev–Trinajstić information content (AvgIpc) is 3.33. The molecule has 0 radical (unpaired) electrons. The molecule has 3 heterocycles. The van der Waals surface area contributed by atoms with Gasteiger partial charge < -0.3 is 25.0 Å². The Morgan fingerprint density at radius 2 is 1.85 bits per heavy atom. The van der Waals surface area contributed by atoms with Gasteiger partial charge >= 0.3 is 0 Å². The largest absolute Gasteiger partial charge is 0.461 e. The molecule has 1 atom stereocenters. The maximum absolute atomic E-state index is 12.6. The number of rotatable bonds is 7. The number of pyridine rings is 1. The lowest BCUT2D eigenvalue weighted by molar-refractivity contribution is -0.144. The number of allylic oxidation sites excluding steroid dienone is 5. The second-order valence-electron chi connectivity index (χ2n) is 11.7. The predicted octanol–water partition coefficient (Wildman–Crippen LogP) is 4.72. The molecule has 0 aromatic carbocycles. The zero-order valence-corrected chi connectivity index (χ0v) is 24.2. The van der Waals surface area contributed by atoms with Crippen LogP contribution in [0.3, 0.4) is 0 Å². The highest BCUT2D eigenvalue weighted by Crippen LogP contribution is 2.36. The number of hydrogen-bond acceptors (Lipinski definition) is 6. The van der Waals surface area contributed by atoms with E-state index in [1.807, 2.05) is 6.07 Å². The number of H-pyrrole nitrogens is 1. The minimum absolute atomic E-state index is 0.0285. The van der Waals surface area contributed by atoms with E-state index >= 15 is 0 Å². The Kier molecular flexibility index (Phi) is 8.33. The van der Waals surface area contributed by atoms with E-state index in [1.165, 1.54) is 11.1 Å². The number of amides is 2. The number of aromatic amines is 1. The van der Waals surface area contributed by atoms with E-state index in [9.17, 15) is 14.7 Å². The SMILES string of the molecule is CC(=O)NC1CC=C(C2=CC=C(c3nc4nc(OC5CCN(C(=O)C(C)(C)CO)CC5)[nH]c4cc3Cl)CC2)CC1. The fourth-order valence-electron chi connectivity index (χ4n) is 5.65. The van der Waals surface area contributed by atoms with E-state index in [-0.39, 0.29) is 30.6 Å². The molecule has 214 valence electrons. The van der Waals surface area contributed by atoms with Crippen molar-refractivity contribution in [2.45, 2.75) is 77.9 Å². The van der Waals surface area contributed by atoms with Gasteiger partial charge in [-0.05, 0) is 68.7 Å². The number of likely N-dealkylation sites (tertiary alicyclic amines) is 1. The van der Waals surface area contributed by atoms with E-state index in [2.05, 4.69) is 33.5 Å². The summed E-state index contributed by atoms with van der Waals surface area (Å²) in [5.74, 6) is -0.00520. The Morgan fingerprint density at radius 1 is 1.12 bits per heavy atom. The molecular formula is C30H38ClN5O4. The molecule has 0 bridgehead atoms. The Balaban J connectivity index is 1.23. The molecule has 3 N–H and O–H groups in total. The topological polar surface area (TPSA) is 120 Å². The molecule has 0 saturated carbocycles. The summed E-state index contributed by atoms with van der Waals surface area (Å²) in [5.41, 5.74) is 5.03. The molecule has 2 aromatic rings. The van der Waals surface area contributed by atoms with Crippen LogP contribution in [0, 0.1) is 5.41 Å². The normalized spacial score (nSPS) is 20.6. The number of piperidine rings is 1. The minimum atomic E-state index is -0.772. The third-order valence-corrected chi connectivity index (χ3v) is 8.36. The first-order valence-corrected chi connectivity index (χ1v) is 14.5. The molecule has 1 saturated heterocycles. The van der Waals surface area contributed by atoms with Gasteiger partial charge in [0.05, 0.1) is 28.3 Å². The van der Waals surface area contributed by atoms with Crippen LogP contribution < -0.4 is 10.1 Å². The molecule has 2 amide bonds. The monoisotopic (exact) mass is 567 g/mol. The van der Waals surface area contributed by atoms with E-state index in [1.54, 1.807) is 25.7 Å². The summed E-state index contributed by atoms with van der Waals surface area (Å²) in [6, 6.07) is 2.48. The lowest BCUT2D eigenvalue weighted by Crippen LogP contribution is -2.48. The standard InChI is InChI=1S/C30H38ClN5O4/c1-18(38)32-22-10-8-20(9-11-22)19-4-6-21(7-5-19)26-24(31)16-25-27(34-26)35-29(33-25)40-23-12-14-36(15-13-23)28(39)30(2,3)17-37/h4,6,8,16,22-23,37H,5,7,9-15,17H2,1-3H3,(H,32,38)(H,33,34,35). The zero-order valence-electron chi connectivity index (χ0n) is 23.4. The quantitative estimate of drug-likeness (QED) is 0.445. The van der Waals surface area contributed by atoms with Gasteiger partial charge in [0.2, 0.25) is 11.8 Å². The summed E-state index contributed by atoms with van der Waals surface area (Å²) in [6.45, 7) is 6.08. The summed E-state index contributed by atoms with van der Waals surface area (Å²) in [7, 11) is 0. The van der Waals surface area contributed by atoms with Crippen molar-refractivity contribution in [1.82, 2.24) is 25.2 Å². The zero-order chi connectivity index (χ0) is 28.4. The molecule has 10 heteroatoms. The molecule has 2 aliphatic carbocycles. The summed E-state index contributed by atoms with van der Waals surface area (Å²) in [5, 5.41) is 13.1. The van der Waals surface area contributed by atoms with Crippen LogP contribution in [-0.4, -0.2) is 68.6 Å². The number of fused-ring (bicyclic) bond motifs is 1. The number of aromatic nitrogens is 3. The second-order valence-corrected chi connectivity index (χ2v) is 12.1. The van der Waals surface area contributed by atoms with E-state index in [4.69, 9.17) is 21.3 Å². The van der Waals surface area contributed by atoms with Crippen molar-refractivity contribution in [3.05, 3.63) is 46.2 Å².